The molecule has 0 radical (unpaired) electrons. The first-order chi connectivity index (χ1) is 11.2. The number of benzene rings is 1. The molecule has 5 nitrogen and oxygen atoms in total. The summed E-state index contributed by atoms with van der Waals surface area (Å²) in [5, 5.41) is 8.07. The van der Waals surface area contributed by atoms with Gasteiger partial charge in [-0.2, -0.15) is 0 Å². The third kappa shape index (κ3) is 5.14. The lowest BCUT2D eigenvalue weighted by atomic mass is 10.2. The lowest BCUT2D eigenvalue weighted by Gasteiger charge is -2.06. The van der Waals surface area contributed by atoms with E-state index in [1.807, 2.05) is 35.7 Å². The number of nitrogens with zero attached hydrogens (tertiary/aromatic N) is 1. The monoisotopic (exact) mass is 349 g/mol. The quantitative estimate of drug-likeness (QED) is 0.807. The van der Waals surface area contributed by atoms with E-state index in [2.05, 4.69) is 15.6 Å². The molecule has 1 heterocycles. The maximum atomic E-state index is 12.0. The first-order valence-electron chi connectivity index (χ1n) is 7.60. The first-order valence-corrected chi connectivity index (χ1v) is 9.96. The minimum Gasteiger partial charge on any atom is -0.337 e. The summed E-state index contributed by atoms with van der Waals surface area (Å²) in [7, 11) is -0.983. The minimum absolute atomic E-state index is 0.293. The Hall–Kier alpha value is -1.73. The van der Waals surface area contributed by atoms with Crippen molar-refractivity contribution in [2.75, 3.05) is 17.6 Å². The molecule has 0 spiro atoms. The summed E-state index contributed by atoms with van der Waals surface area (Å²) in [5.74, 6) is 1.54. The smallest absolute Gasteiger partial charge is 0.321 e. The van der Waals surface area contributed by atoms with Gasteiger partial charge in [-0.05, 0) is 18.4 Å². The third-order valence-corrected chi connectivity index (χ3v) is 5.61. The van der Waals surface area contributed by atoms with Gasteiger partial charge in [0.05, 0.1) is 5.69 Å². The highest BCUT2D eigenvalue weighted by atomic mass is 32.2. The Morgan fingerprint density at radius 3 is 2.83 bits per heavy atom. The molecule has 122 valence electrons. The highest BCUT2D eigenvalue weighted by Gasteiger charge is 2.26. The van der Waals surface area contributed by atoms with Crippen LogP contribution in [0, 0.1) is 0 Å². The fourth-order valence-electron chi connectivity index (χ4n) is 2.16. The maximum absolute atomic E-state index is 12.0. The molecule has 1 aromatic carbocycles. The van der Waals surface area contributed by atoms with Crippen molar-refractivity contribution in [2.24, 2.45) is 0 Å². The van der Waals surface area contributed by atoms with Crippen LogP contribution in [0.15, 0.2) is 35.7 Å². The number of nitrogens with one attached hydrogen (secondary N) is 2. The van der Waals surface area contributed by atoms with Gasteiger partial charge in [0, 0.05) is 40.1 Å². The number of urea groups is 1. The largest absolute Gasteiger partial charge is 0.337 e. The van der Waals surface area contributed by atoms with Crippen LogP contribution in [0.1, 0.15) is 30.0 Å². The zero-order valence-electron chi connectivity index (χ0n) is 12.7. The van der Waals surface area contributed by atoms with Crippen LogP contribution in [0.3, 0.4) is 0 Å². The number of rotatable bonds is 7. The molecule has 1 saturated carbocycles. The van der Waals surface area contributed by atoms with Crippen molar-refractivity contribution in [1.29, 1.82) is 0 Å². The van der Waals surface area contributed by atoms with Gasteiger partial charge >= 0.3 is 6.03 Å². The summed E-state index contributed by atoms with van der Waals surface area (Å²) < 4.78 is 12.0. The van der Waals surface area contributed by atoms with Crippen molar-refractivity contribution in [3.8, 4) is 0 Å². The van der Waals surface area contributed by atoms with E-state index in [-0.39, 0.29) is 6.03 Å². The molecule has 0 unspecified atom stereocenters. The molecule has 0 aliphatic heterocycles. The van der Waals surface area contributed by atoms with Crippen molar-refractivity contribution >= 4 is 33.3 Å². The lowest BCUT2D eigenvalue weighted by molar-refractivity contribution is 0.252. The molecule has 7 heteroatoms. The Morgan fingerprint density at radius 2 is 2.09 bits per heavy atom. The highest BCUT2D eigenvalue weighted by molar-refractivity contribution is 7.84. The fourth-order valence-corrected chi connectivity index (χ4v) is 3.99. The molecule has 1 aliphatic carbocycles. The van der Waals surface area contributed by atoms with Crippen molar-refractivity contribution < 1.29 is 9.00 Å². The second-order valence-electron chi connectivity index (χ2n) is 5.51. The predicted octanol–water partition coefficient (Wildman–Crippen LogP) is 3.09. The molecule has 1 aromatic heterocycles. The van der Waals surface area contributed by atoms with Gasteiger partial charge in [0.25, 0.3) is 0 Å². The van der Waals surface area contributed by atoms with Crippen molar-refractivity contribution in [3.05, 3.63) is 47.0 Å². The molecule has 1 aliphatic rings. The standard InChI is InChI=1S/C16H19N3O2S2/c20-15(19-16-18-14(10-22-16)13-6-7-13)17-8-9-23(21)11-12-4-2-1-3-5-12/h1-5,10,13H,6-9,11H2,(H2,17,18,19,20)/t23-/m1/s1. The molecule has 1 fully saturated rings. The van der Waals surface area contributed by atoms with Crippen LogP contribution in [0.4, 0.5) is 9.93 Å². The Bertz CT molecular complexity index is 684. The Morgan fingerprint density at radius 1 is 1.30 bits per heavy atom. The third-order valence-electron chi connectivity index (χ3n) is 3.52. The number of aromatic nitrogens is 1. The molecule has 2 N–H and O–H groups in total. The van der Waals surface area contributed by atoms with E-state index < -0.39 is 10.8 Å². The van der Waals surface area contributed by atoms with E-state index in [4.69, 9.17) is 0 Å². The topological polar surface area (TPSA) is 71.1 Å². The zero-order valence-corrected chi connectivity index (χ0v) is 14.3. The Kier molecular flexibility index (Phi) is 5.40. The van der Waals surface area contributed by atoms with Gasteiger partial charge in [0.1, 0.15) is 0 Å². The molecule has 0 bridgehead atoms. The predicted molar refractivity (Wildman–Crippen MR) is 94.3 cm³/mol. The van der Waals surface area contributed by atoms with E-state index in [9.17, 15) is 9.00 Å². The second-order valence-corrected chi connectivity index (χ2v) is 7.94. The van der Waals surface area contributed by atoms with E-state index in [1.54, 1.807) is 0 Å². The van der Waals surface area contributed by atoms with Gasteiger partial charge in [-0.25, -0.2) is 9.78 Å². The van der Waals surface area contributed by atoms with Gasteiger partial charge in [-0.1, -0.05) is 30.3 Å². The molecular formula is C16H19N3O2S2. The van der Waals surface area contributed by atoms with Crippen LogP contribution < -0.4 is 10.6 Å². The number of carbonyl (C=O) groups excluding carboxylic acids is 1. The van der Waals surface area contributed by atoms with Crippen LogP contribution in [0.25, 0.3) is 0 Å². The zero-order chi connectivity index (χ0) is 16.1. The van der Waals surface area contributed by atoms with E-state index in [1.165, 1.54) is 24.2 Å². The molecule has 3 rings (SSSR count). The van der Waals surface area contributed by atoms with Crippen LogP contribution in [-0.4, -0.2) is 27.5 Å². The second kappa shape index (κ2) is 7.70. The van der Waals surface area contributed by atoms with E-state index >= 15 is 0 Å². The van der Waals surface area contributed by atoms with Crippen molar-refractivity contribution in [3.63, 3.8) is 0 Å². The Balaban J connectivity index is 1.36. The van der Waals surface area contributed by atoms with Crippen LogP contribution in [-0.2, 0) is 16.6 Å². The first kappa shape index (κ1) is 16.1. The summed E-state index contributed by atoms with van der Waals surface area (Å²) in [6.45, 7) is 0.381. The minimum atomic E-state index is -0.983. The average Bonchev–Trinajstić information content (AvgIpc) is 3.29. The normalized spacial score (nSPS) is 15.1. The van der Waals surface area contributed by atoms with Crippen LogP contribution in [0.5, 0.6) is 0 Å². The van der Waals surface area contributed by atoms with Crippen LogP contribution in [0.2, 0.25) is 0 Å². The van der Waals surface area contributed by atoms with E-state index in [0.717, 1.165) is 11.3 Å². The summed E-state index contributed by atoms with van der Waals surface area (Å²) in [6.07, 6.45) is 2.39. The van der Waals surface area contributed by atoms with Gasteiger partial charge in [0.15, 0.2) is 5.13 Å². The van der Waals surface area contributed by atoms with E-state index in [0.29, 0.717) is 29.1 Å². The number of anilines is 1. The number of hydrogen-bond donors (Lipinski definition) is 2. The lowest BCUT2D eigenvalue weighted by Crippen LogP contribution is -2.32. The maximum Gasteiger partial charge on any atom is 0.321 e. The number of carbonyl (C=O) groups is 1. The summed E-state index contributed by atoms with van der Waals surface area (Å²) >= 11 is 1.44. The SMILES string of the molecule is O=C(NCC[S@@](=O)Cc1ccccc1)Nc1nc(C2CC2)cs1. The van der Waals surface area contributed by atoms with Gasteiger partial charge in [-0.15, -0.1) is 11.3 Å². The van der Waals surface area contributed by atoms with Gasteiger partial charge in [0.2, 0.25) is 0 Å². The molecule has 0 saturated heterocycles. The average molecular weight is 349 g/mol. The molecular weight excluding hydrogens is 330 g/mol. The number of amides is 2. The number of thiazole rings is 1. The Labute approximate surface area is 142 Å². The number of hydrogen-bond acceptors (Lipinski definition) is 4. The highest BCUT2D eigenvalue weighted by Crippen LogP contribution is 2.40. The molecule has 2 aromatic rings. The molecule has 1 atom stereocenters. The summed E-state index contributed by atoms with van der Waals surface area (Å²) in [5.41, 5.74) is 2.12. The van der Waals surface area contributed by atoms with Crippen LogP contribution >= 0.6 is 11.3 Å². The van der Waals surface area contributed by atoms with Gasteiger partial charge < -0.3 is 5.32 Å². The van der Waals surface area contributed by atoms with Crippen molar-refractivity contribution in [1.82, 2.24) is 10.3 Å². The molecule has 2 amide bonds. The fraction of sp³-hybridized carbons (Fsp3) is 0.375. The van der Waals surface area contributed by atoms with Crippen molar-refractivity contribution in [2.45, 2.75) is 24.5 Å². The summed E-state index contributed by atoms with van der Waals surface area (Å²) in [6, 6.07) is 9.42. The van der Waals surface area contributed by atoms with Gasteiger partial charge in [-0.3, -0.25) is 9.53 Å². The summed E-state index contributed by atoms with van der Waals surface area (Å²) in [4.78, 5) is 16.2. The molecule has 23 heavy (non-hydrogen) atoms.